The molecule has 6 heteroatoms. The lowest BCUT2D eigenvalue weighted by Gasteiger charge is -2.19. The maximum absolute atomic E-state index is 8.93. The summed E-state index contributed by atoms with van der Waals surface area (Å²) in [5.41, 5.74) is 1.33. The lowest BCUT2D eigenvalue weighted by Crippen LogP contribution is -2.37. The van der Waals surface area contributed by atoms with E-state index >= 15 is 0 Å². The first kappa shape index (κ1) is 12.4. The Morgan fingerprint density at radius 1 is 1.73 bits per heavy atom. The number of rotatable bonds is 6. The van der Waals surface area contributed by atoms with Crippen molar-refractivity contribution < 1.29 is 0 Å². The molecule has 1 atom stereocenters. The van der Waals surface area contributed by atoms with Crippen molar-refractivity contribution >= 4 is 23.1 Å². The lowest BCUT2D eigenvalue weighted by atomic mass is 9.99. The van der Waals surface area contributed by atoms with Crippen molar-refractivity contribution in [3.8, 4) is 6.07 Å². The maximum Gasteiger partial charge on any atom is 0.174 e. The van der Waals surface area contributed by atoms with Crippen LogP contribution in [0.3, 0.4) is 0 Å². The quantitative estimate of drug-likeness (QED) is 0.610. The second-order valence-electron chi connectivity index (χ2n) is 3.35. The van der Waals surface area contributed by atoms with E-state index < -0.39 is 5.54 Å². The average molecular weight is 242 g/mol. The van der Waals surface area contributed by atoms with Gasteiger partial charge in [0.25, 0.3) is 0 Å². The summed E-state index contributed by atoms with van der Waals surface area (Å²) in [4.78, 5) is 0. The van der Waals surface area contributed by atoms with Crippen molar-refractivity contribution in [2.24, 2.45) is 0 Å². The Morgan fingerprint density at radius 2 is 2.53 bits per heavy atom. The topological polar surface area (TPSA) is 61.6 Å². The fraction of sp³-hybridized carbons (Fsp3) is 0.667. The highest BCUT2D eigenvalue weighted by atomic mass is 32.2. The van der Waals surface area contributed by atoms with E-state index in [0.29, 0.717) is 0 Å². The molecule has 4 nitrogen and oxygen atoms in total. The van der Waals surface area contributed by atoms with Crippen LogP contribution in [0.5, 0.6) is 0 Å². The van der Waals surface area contributed by atoms with Crippen molar-refractivity contribution in [1.82, 2.24) is 15.5 Å². The number of nitrogens with one attached hydrogen (secondary N) is 1. The zero-order chi connectivity index (χ0) is 11.1. The van der Waals surface area contributed by atoms with Crippen LogP contribution < -0.4 is 5.32 Å². The second-order valence-corrected chi connectivity index (χ2v) is 5.53. The molecule has 0 saturated heterocycles. The number of thioether (sulfide) groups is 1. The van der Waals surface area contributed by atoms with Crippen LogP contribution in [0.1, 0.15) is 19.8 Å². The Morgan fingerprint density at radius 3 is 3.07 bits per heavy atom. The molecular weight excluding hydrogens is 228 g/mol. The van der Waals surface area contributed by atoms with Crippen LogP contribution in [0.25, 0.3) is 0 Å². The first-order valence-electron chi connectivity index (χ1n) is 4.69. The summed E-state index contributed by atoms with van der Waals surface area (Å²) in [5, 5.41) is 19.7. The van der Waals surface area contributed by atoms with Gasteiger partial charge in [0.2, 0.25) is 0 Å². The van der Waals surface area contributed by atoms with Gasteiger partial charge < -0.3 is 5.32 Å². The van der Waals surface area contributed by atoms with Gasteiger partial charge in [-0.2, -0.15) is 5.26 Å². The predicted octanol–water partition coefficient (Wildman–Crippen LogP) is 1.91. The van der Waals surface area contributed by atoms with Crippen LogP contribution in [0.2, 0.25) is 0 Å². The van der Waals surface area contributed by atoms with Gasteiger partial charge in [-0.05, 0) is 26.8 Å². The number of hydrogen-bond donors (Lipinski definition) is 1. The van der Waals surface area contributed by atoms with Gasteiger partial charge in [-0.25, -0.2) is 0 Å². The summed E-state index contributed by atoms with van der Waals surface area (Å²) in [5.74, 6) is 0.980. The lowest BCUT2D eigenvalue weighted by molar-refractivity contribution is 0.451. The Kier molecular flexibility index (Phi) is 5.02. The molecule has 1 aromatic heterocycles. The van der Waals surface area contributed by atoms with Crippen LogP contribution in [-0.4, -0.2) is 28.5 Å². The second kappa shape index (κ2) is 6.05. The standard InChI is InChI=1S/C9H14N4S2/c1-9(6-10,11-2)4-3-5-14-8-13-12-7-15-8/h7,11H,3-5H2,1-2H3. The van der Waals surface area contributed by atoms with E-state index in [4.69, 9.17) is 5.26 Å². The first-order chi connectivity index (χ1) is 7.20. The van der Waals surface area contributed by atoms with Crippen molar-refractivity contribution in [3.63, 3.8) is 0 Å². The third-order valence-electron chi connectivity index (χ3n) is 2.19. The molecule has 82 valence electrons. The highest BCUT2D eigenvalue weighted by Gasteiger charge is 2.19. The van der Waals surface area contributed by atoms with E-state index in [1.807, 2.05) is 14.0 Å². The summed E-state index contributed by atoms with van der Waals surface area (Å²) in [6.45, 7) is 1.92. The third kappa shape index (κ3) is 4.16. The molecule has 0 fully saturated rings. The van der Waals surface area contributed by atoms with E-state index in [0.717, 1.165) is 22.9 Å². The summed E-state index contributed by atoms with van der Waals surface area (Å²) >= 11 is 3.25. The molecule has 1 rings (SSSR count). The van der Waals surface area contributed by atoms with Gasteiger partial charge in [0.1, 0.15) is 11.0 Å². The minimum atomic E-state index is -0.401. The molecule has 0 aliphatic rings. The summed E-state index contributed by atoms with van der Waals surface area (Å²) in [6, 6.07) is 2.28. The molecule has 0 aromatic carbocycles. The van der Waals surface area contributed by atoms with Gasteiger partial charge in [0, 0.05) is 5.75 Å². The van der Waals surface area contributed by atoms with Crippen LogP contribution in [0, 0.1) is 11.3 Å². The Labute approximate surface area is 98.1 Å². The van der Waals surface area contributed by atoms with Gasteiger partial charge in [-0.3, -0.25) is 0 Å². The summed E-state index contributed by atoms with van der Waals surface area (Å²) in [6.07, 6.45) is 1.85. The van der Waals surface area contributed by atoms with E-state index in [2.05, 4.69) is 21.6 Å². The Hall–Kier alpha value is -0.640. The van der Waals surface area contributed by atoms with Crippen LogP contribution in [0.4, 0.5) is 0 Å². The molecule has 1 heterocycles. The number of nitrogens with zero attached hydrogens (tertiary/aromatic N) is 3. The zero-order valence-corrected chi connectivity index (χ0v) is 10.5. The van der Waals surface area contributed by atoms with Crippen molar-refractivity contribution in [2.45, 2.75) is 29.6 Å². The summed E-state index contributed by atoms with van der Waals surface area (Å²) < 4.78 is 0.998. The largest absolute Gasteiger partial charge is 0.303 e. The van der Waals surface area contributed by atoms with Crippen molar-refractivity contribution in [3.05, 3.63) is 5.51 Å². The summed E-state index contributed by atoms with van der Waals surface area (Å²) in [7, 11) is 1.82. The number of nitriles is 1. The highest BCUT2D eigenvalue weighted by molar-refractivity contribution is 8.00. The maximum atomic E-state index is 8.93. The molecule has 0 aliphatic carbocycles. The smallest absolute Gasteiger partial charge is 0.174 e. The molecule has 1 N–H and O–H groups in total. The van der Waals surface area contributed by atoms with E-state index in [-0.39, 0.29) is 0 Å². The van der Waals surface area contributed by atoms with Gasteiger partial charge in [-0.1, -0.05) is 23.1 Å². The van der Waals surface area contributed by atoms with Crippen molar-refractivity contribution in [1.29, 1.82) is 5.26 Å². The van der Waals surface area contributed by atoms with Gasteiger partial charge in [0.15, 0.2) is 4.34 Å². The van der Waals surface area contributed by atoms with Crippen LogP contribution >= 0.6 is 23.1 Å². The average Bonchev–Trinajstić information content (AvgIpc) is 2.77. The minimum absolute atomic E-state index is 0.401. The number of aromatic nitrogens is 2. The molecule has 15 heavy (non-hydrogen) atoms. The molecule has 0 saturated carbocycles. The van der Waals surface area contributed by atoms with Gasteiger partial charge >= 0.3 is 0 Å². The Balaban J connectivity index is 2.20. The van der Waals surface area contributed by atoms with E-state index in [9.17, 15) is 0 Å². The molecule has 0 aliphatic heterocycles. The first-order valence-corrected chi connectivity index (χ1v) is 6.56. The molecule has 1 aromatic rings. The van der Waals surface area contributed by atoms with Crippen molar-refractivity contribution in [2.75, 3.05) is 12.8 Å². The fourth-order valence-corrected chi connectivity index (χ4v) is 2.55. The molecule has 0 amide bonds. The van der Waals surface area contributed by atoms with Gasteiger partial charge in [-0.15, -0.1) is 10.2 Å². The molecule has 0 bridgehead atoms. The highest BCUT2D eigenvalue weighted by Crippen LogP contribution is 2.21. The third-order valence-corrected chi connectivity index (χ3v) is 4.13. The minimum Gasteiger partial charge on any atom is -0.303 e. The van der Waals surface area contributed by atoms with Crippen LogP contribution in [0.15, 0.2) is 9.85 Å². The number of hydrogen-bond acceptors (Lipinski definition) is 6. The molecule has 1 unspecified atom stereocenters. The zero-order valence-electron chi connectivity index (χ0n) is 8.86. The van der Waals surface area contributed by atoms with Gasteiger partial charge in [0.05, 0.1) is 6.07 Å². The molecular formula is C9H14N4S2. The Bertz CT molecular complexity index is 319. The predicted molar refractivity (Wildman–Crippen MR) is 62.9 cm³/mol. The normalized spacial score (nSPS) is 14.5. The molecule has 0 radical (unpaired) electrons. The van der Waals surface area contributed by atoms with E-state index in [1.165, 1.54) is 0 Å². The fourth-order valence-electron chi connectivity index (χ4n) is 1.05. The SMILES string of the molecule is CNC(C)(C#N)CCCSc1nncs1. The van der Waals surface area contributed by atoms with Crippen LogP contribution in [-0.2, 0) is 0 Å². The van der Waals surface area contributed by atoms with E-state index in [1.54, 1.807) is 28.6 Å². The molecule has 0 spiro atoms. The monoisotopic (exact) mass is 242 g/mol.